The first-order valence-electron chi connectivity index (χ1n) is 10.3. The maximum Gasteiger partial charge on any atom is 0.432 e. The fourth-order valence-corrected chi connectivity index (χ4v) is 3.42. The molecule has 0 unspecified atom stereocenters. The van der Waals surface area contributed by atoms with Crippen molar-refractivity contribution in [2.24, 2.45) is 0 Å². The van der Waals surface area contributed by atoms with Gasteiger partial charge < -0.3 is 9.84 Å². The highest BCUT2D eigenvalue weighted by Gasteiger charge is 2.41. The molecule has 0 radical (unpaired) electrons. The first kappa shape index (κ1) is 23.7. The van der Waals surface area contributed by atoms with Crippen molar-refractivity contribution in [3.8, 4) is 16.9 Å². The Kier molecular flexibility index (Phi) is 7.85. The van der Waals surface area contributed by atoms with Crippen molar-refractivity contribution in [1.29, 1.82) is 0 Å². The van der Waals surface area contributed by atoms with Gasteiger partial charge in [0.15, 0.2) is 0 Å². The third-order valence-corrected chi connectivity index (χ3v) is 5.06. The van der Waals surface area contributed by atoms with Crippen LogP contribution in [0.5, 0.6) is 5.75 Å². The van der Waals surface area contributed by atoms with Crippen LogP contribution in [0, 0.1) is 17.5 Å². The maximum absolute atomic E-state index is 14.6. The van der Waals surface area contributed by atoms with Crippen LogP contribution in [0.15, 0.2) is 60.7 Å². The van der Waals surface area contributed by atoms with Crippen LogP contribution in [0.4, 0.5) is 22.0 Å². The molecular weight excluding hydrogens is 427 g/mol. The van der Waals surface area contributed by atoms with Gasteiger partial charge in [0.25, 0.3) is 0 Å². The zero-order chi connectivity index (χ0) is 23.1. The summed E-state index contributed by atoms with van der Waals surface area (Å²) in [6.45, 7) is 0.160. The van der Waals surface area contributed by atoms with Crippen molar-refractivity contribution in [2.75, 3.05) is 6.61 Å². The van der Waals surface area contributed by atoms with Crippen molar-refractivity contribution in [3.05, 3.63) is 89.2 Å². The molecule has 0 saturated heterocycles. The number of aliphatic hydroxyl groups is 1. The lowest BCUT2D eigenvalue weighted by Gasteiger charge is -2.20. The summed E-state index contributed by atoms with van der Waals surface area (Å²) >= 11 is 0. The zero-order valence-electron chi connectivity index (χ0n) is 17.3. The first-order chi connectivity index (χ1) is 15.3. The molecule has 1 N–H and O–H groups in total. The van der Waals surface area contributed by atoms with Crippen LogP contribution in [-0.2, 0) is 12.5 Å². The average molecular weight is 450 g/mol. The van der Waals surface area contributed by atoms with E-state index < -0.39 is 29.1 Å². The Bertz CT molecular complexity index is 1010. The van der Waals surface area contributed by atoms with Gasteiger partial charge in [-0.3, -0.25) is 0 Å². The molecule has 0 aliphatic rings. The van der Waals surface area contributed by atoms with E-state index in [1.54, 1.807) is 12.1 Å². The van der Waals surface area contributed by atoms with E-state index in [1.807, 2.05) is 0 Å². The average Bonchev–Trinajstić information content (AvgIpc) is 2.74. The number of aliphatic hydroxyl groups excluding tert-OH is 1. The quantitative estimate of drug-likeness (QED) is 0.266. The number of benzene rings is 3. The van der Waals surface area contributed by atoms with E-state index in [9.17, 15) is 22.0 Å². The summed E-state index contributed by atoms with van der Waals surface area (Å²) in [5.41, 5.74) is -0.921. The Morgan fingerprint density at radius 2 is 1.38 bits per heavy atom. The third-order valence-electron chi connectivity index (χ3n) is 5.06. The number of unbranched alkanes of at least 4 members (excludes halogenated alkanes) is 3. The largest absolute Gasteiger partial charge is 0.432 e. The smallest absolute Gasteiger partial charge is 0.429 e. The van der Waals surface area contributed by atoms with Gasteiger partial charge in [-0.15, -0.1) is 0 Å². The number of rotatable bonds is 10. The Morgan fingerprint density at radius 1 is 0.750 bits per heavy atom. The number of hydrogen-bond donors (Lipinski definition) is 1. The molecule has 0 aliphatic heterocycles. The second kappa shape index (κ2) is 10.6. The van der Waals surface area contributed by atoms with Crippen LogP contribution < -0.4 is 4.74 Å². The summed E-state index contributed by atoms with van der Waals surface area (Å²) < 4.78 is 76.7. The van der Waals surface area contributed by atoms with Gasteiger partial charge in [0.1, 0.15) is 28.8 Å². The Balaban J connectivity index is 1.73. The molecule has 0 aliphatic carbocycles. The molecule has 0 saturated carbocycles. The standard InChI is InChI=1S/C25H23F5O2/c26-21-9-5-4-8-20(21)18-15-22(27)24(23(28)16-18)25(29,30)32-19-12-10-17(11-13-19)7-3-1-2-6-14-31/h4-5,8-13,15-16,31H,1-3,6-7,14H2. The van der Waals surface area contributed by atoms with Crippen molar-refractivity contribution in [2.45, 2.75) is 38.2 Å². The molecule has 32 heavy (non-hydrogen) atoms. The van der Waals surface area contributed by atoms with Crippen molar-refractivity contribution in [3.63, 3.8) is 0 Å². The lowest BCUT2D eigenvalue weighted by Crippen LogP contribution is -2.25. The van der Waals surface area contributed by atoms with E-state index in [1.165, 1.54) is 30.3 Å². The van der Waals surface area contributed by atoms with E-state index in [0.717, 1.165) is 43.7 Å². The van der Waals surface area contributed by atoms with Crippen molar-refractivity contribution >= 4 is 0 Å². The zero-order valence-corrected chi connectivity index (χ0v) is 17.3. The van der Waals surface area contributed by atoms with Crippen LogP contribution in [0.2, 0.25) is 0 Å². The predicted molar refractivity (Wildman–Crippen MR) is 112 cm³/mol. The van der Waals surface area contributed by atoms with Gasteiger partial charge in [0, 0.05) is 12.2 Å². The molecule has 3 aromatic rings. The molecule has 0 heterocycles. The van der Waals surface area contributed by atoms with Crippen molar-refractivity contribution < 1.29 is 31.8 Å². The highest BCUT2D eigenvalue weighted by atomic mass is 19.3. The van der Waals surface area contributed by atoms with E-state index >= 15 is 0 Å². The van der Waals surface area contributed by atoms with Gasteiger partial charge in [0.05, 0.1) is 0 Å². The van der Waals surface area contributed by atoms with Crippen LogP contribution >= 0.6 is 0 Å². The highest BCUT2D eigenvalue weighted by molar-refractivity contribution is 5.65. The summed E-state index contributed by atoms with van der Waals surface area (Å²) in [5.74, 6) is -4.04. The summed E-state index contributed by atoms with van der Waals surface area (Å²) in [7, 11) is 0. The summed E-state index contributed by atoms with van der Waals surface area (Å²) in [6.07, 6.45) is -0.0386. The third kappa shape index (κ3) is 5.85. The molecule has 0 fully saturated rings. The lowest BCUT2D eigenvalue weighted by molar-refractivity contribution is -0.189. The molecule has 170 valence electrons. The maximum atomic E-state index is 14.6. The number of halogens is 5. The minimum absolute atomic E-state index is 0.104. The minimum Gasteiger partial charge on any atom is -0.429 e. The SMILES string of the molecule is OCCCCCCc1ccc(OC(F)(F)c2c(F)cc(-c3ccccc3F)cc2F)cc1. The summed E-state index contributed by atoms with van der Waals surface area (Å²) in [6, 6.07) is 12.5. The Hall–Kier alpha value is -2.93. The summed E-state index contributed by atoms with van der Waals surface area (Å²) in [4.78, 5) is 0. The molecule has 7 heteroatoms. The molecule has 3 rings (SSSR count). The van der Waals surface area contributed by atoms with Crippen LogP contribution in [0.1, 0.15) is 36.8 Å². The van der Waals surface area contributed by atoms with Crippen molar-refractivity contribution in [1.82, 2.24) is 0 Å². The second-order valence-corrected chi connectivity index (χ2v) is 7.45. The first-order valence-corrected chi connectivity index (χ1v) is 10.3. The fraction of sp³-hybridized carbons (Fsp3) is 0.280. The Morgan fingerprint density at radius 3 is 2.00 bits per heavy atom. The molecule has 3 aromatic carbocycles. The normalized spacial score (nSPS) is 11.6. The van der Waals surface area contributed by atoms with E-state index in [0.29, 0.717) is 12.1 Å². The fourth-order valence-electron chi connectivity index (χ4n) is 3.42. The van der Waals surface area contributed by atoms with Gasteiger partial charge in [-0.05, 0) is 60.7 Å². The molecule has 2 nitrogen and oxygen atoms in total. The number of ether oxygens (including phenoxy) is 1. The van der Waals surface area contributed by atoms with E-state index in [4.69, 9.17) is 5.11 Å². The molecular formula is C25H23F5O2. The molecule has 0 bridgehead atoms. The van der Waals surface area contributed by atoms with E-state index in [-0.39, 0.29) is 23.5 Å². The summed E-state index contributed by atoms with van der Waals surface area (Å²) in [5, 5.41) is 8.76. The monoisotopic (exact) mass is 450 g/mol. The number of aryl methyl sites for hydroxylation is 1. The Labute approximate surface area is 183 Å². The molecule has 0 atom stereocenters. The van der Waals surface area contributed by atoms with Crippen LogP contribution in [0.25, 0.3) is 11.1 Å². The topological polar surface area (TPSA) is 29.5 Å². The minimum atomic E-state index is -4.27. The van der Waals surface area contributed by atoms with Gasteiger partial charge in [-0.1, -0.05) is 43.2 Å². The van der Waals surface area contributed by atoms with Gasteiger partial charge >= 0.3 is 6.11 Å². The van der Waals surface area contributed by atoms with Gasteiger partial charge in [-0.25, -0.2) is 13.2 Å². The van der Waals surface area contributed by atoms with Crippen LogP contribution in [0.3, 0.4) is 0 Å². The van der Waals surface area contributed by atoms with Gasteiger partial charge in [-0.2, -0.15) is 8.78 Å². The lowest BCUT2D eigenvalue weighted by atomic mass is 10.0. The molecule has 0 aromatic heterocycles. The second-order valence-electron chi connectivity index (χ2n) is 7.45. The van der Waals surface area contributed by atoms with E-state index in [2.05, 4.69) is 4.74 Å². The highest BCUT2D eigenvalue weighted by Crippen LogP contribution is 2.37. The predicted octanol–water partition coefficient (Wildman–Crippen LogP) is 6.99. The number of hydrogen-bond acceptors (Lipinski definition) is 2. The number of alkyl halides is 2. The molecule has 0 amide bonds. The molecule has 0 spiro atoms. The van der Waals surface area contributed by atoms with Crippen LogP contribution in [-0.4, -0.2) is 11.7 Å². The van der Waals surface area contributed by atoms with Gasteiger partial charge in [0.2, 0.25) is 0 Å².